The molecule has 1 heterocycles. The summed E-state index contributed by atoms with van der Waals surface area (Å²) in [4.78, 5) is 13.6. The van der Waals surface area contributed by atoms with Gasteiger partial charge in [-0.3, -0.25) is 4.79 Å². The highest BCUT2D eigenvalue weighted by Gasteiger charge is 2.30. The number of halogens is 2. The molecule has 0 spiro atoms. The number of hydrogen-bond donors (Lipinski definition) is 2. The molecule has 1 aliphatic rings. The number of ether oxygens (including phenoxy) is 1. The monoisotopic (exact) mass is 331 g/mol. The van der Waals surface area contributed by atoms with E-state index in [1.54, 1.807) is 11.9 Å². The molecule has 1 unspecified atom stereocenters. The standard InChI is InChI=1S/C12H15BrFN3O2/c1-16-12(18)11-6-19-3-2-17(11)10-5-8(14)7(13)4-9(10)15/h4-5,11H,2-3,6,15H2,1H3,(H,16,18). The van der Waals surface area contributed by atoms with Crippen LogP contribution in [0.4, 0.5) is 15.8 Å². The van der Waals surface area contributed by atoms with E-state index in [4.69, 9.17) is 10.5 Å². The number of nitrogens with one attached hydrogen (secondary N) is 1. The molecule has 0 radical (unpaired) electrons. The number of nitrogens with two attached hydrogens (primary N) is 1. The largest absolute Gasteiger partial charge is 0.397 e. The molecular formula is C12H15BrFN3O2. The smallest absolute Gasteiger partial charge is 0.244 e. The normalized spacial score (nSPS) is 19.3. The SMILES string of the molecule is CNC(=O)C1COCCN1c1cc(F)c(Br)cc1N. The molecule has 7 heteroatoms. The van der Waals surface area contributed by atoms with Crippen LogP contribution in [-0.4, -0.2) is 38.8 Å². The minimum Gasteiger partial charge on any atom is -0.397 e. The number of amides is 1. The van der Waals surface area contributed by atoms with Crippen molar-refractivity contribution >= 4 is 33.2 Å². The van der Waals surface area contributed by atoms with Crippen LogP contribution in [0.2, 0.25) is 0 Å². The van der Waals surface area contributed by atoms with E-state index in [-0.39, 0.29) is 12.5 Å². The number of likely N-dealkylation sites (N-methyl/N-ethyl adjacent to an activating group) is 1. The van der Waals surface area contributed by atoms with Crippen molar-refractivity contribution in [1.82, 2.24) is 5.32 Å². The fourth-order valence-corrected chi connectivity index (χ4v) is 2.44. The number of rotatable bonds is 2. The molecule has 1 fully saturated rings. The van der Waals surface area contributed by atoms with Gasteiger partial charge in [-0.2, -0.15) is 0 Å². The first-order chi connectivity index (χ1) is 9.04. The number of benzene rings is 1. The predicted octanol–water partition coefficient (Wildman–Crippen LogP) is 1.12. The topological polar surface area (TPSA) is 67.6 Å². The van der Waals surface area contributed by atoms with Crippen LogP contribution in [0, 0.1) is 5.82 Å². The zero-order valence-corrected chi connectivity index (χ0v) is 12.0. The van der Waals surface area contributed by atoms with E-state index in [2.05, 4.69) is 21.2 Å². The molecule has 1 saturated heterocycles. The van der Waals surface area contributed by atoms with E-state index < -0.39 is 11.9 Å². The second kappa shape index (κ2) is 5.75. The first-order valence-electron chi connectivity index (χ1n) is 5.85. The summed E-state index contributed by atoms with van der Waals surface area (Å²) in [7, 11) is 1.56. The maximum absolute atomic E-state index is 13.7. The number of nitrogens with zero attached hydrogens (tertiary/aromatic N) is 1. The summed E-state index contributed by atoms with van der Waals surface area (Å²) >= 11 is 3.08. The highest BCUT2D eigenvalue weighted by molar-refractivity contribution is 9.10. The van der Waals surface area contributed by atoms with Crippen molar-refractivity contribution in [3.63, 3.8) is 0 Å². The third-order valence-corrected chi connectivity index (χ3v) is 3.66. The quantitative estimate of drug-likeness (QED) is 0.797. The Morgan fingerprint density at radius 3 is 3.05 bits per heavy atom. The summed E-state index contributed by atoms with van der Waals surface area (Å²) < 4.78 is 19.3. The van der Waals surface area contributed by atoms with Crippen LogP contribution in [0.5, 0.6) is 0 Å². The number of hydrogen-bond acceptors (Lipinski definition) is 4. The van der Waals surface area contributed by atoms with Crippen molar-refractivity contribution in [3.8, 4) is 0 Å². The molecule has 1 atom stereocenters. The number of carbonyl (C=O) groups is 1. The Bertz CT molecular complexity index is 498. The molecule has 19 heavy (non-hydrogen) atoms. The van der Waals surface area contributed by atoms with E-state index >= 15 is 0 Å². The van der Waals surface area contributed by atoms with Gasteiger partial charge in [0.05, 0.1) is 29.1 Å². The molecule has 0 aromatic heterocycles. The van der Waals surface area contributed by atoms with Gasteiger partial charge >= 0.3 is 0 Å². The lowest BCUT2D eigenvalue weighted by Gasteiger charge is -2.36. The van der Waals surface area contributed by atoms with Crippen molar-refractivity contribution in [2.45, 2.75) is 6.04 Å². The molecule has 5 nitrogen and oxygen atoms in total. The van der Waals surface area contributed by atoms with Crippen molar-refractivity contribution in [3.05, 3.63) is 22.4 Å². The van der Waals surface area contributed by atoms with E-state index in [0.717, 1.165) is 0 Å². The van der Waals surface area contributed by atoms with Crippen molar-refractivity contribution in [2.24, 2.45) is 0 Å². The highest BCUT2D eigenvalue weighted by atomic mass is 79.9. The van der Waals surface area contributed by atoms with Crippen LogP contribution in [0.15, 0.2) is 16.6 Å². The summed E-state index contributed by atoms with van der Waals surface area (Å²) in [6.07, 6.45) is 0. The lowest BCUT2D eigenvalue weighted by Crippen LogP contribution is -2.53. The lowest BCUT2D eigenvalue weighted by molar-refractivity contribution is -0.124. The molecule has 104 valence electrons. The van der Waals surface area contributed by atoms with Crippen LogP contribution in [0.3, 0.4) is 0 Å². The first-order valence-corrected chi connectivity index (χ1v) is 6.64. The van der Waals surface area contributed by atoms with Gasteiger partial charge in [0.15, 0.2) is 0 Å². The van der Waals surface area contributed by atoms with Gasteiger partial charge in [0, 0.05) is 19.7 Å². The second-order valence-corrected chi connectivity index (χ2v) is 5.08. The number of nitrogen functional groups attached to an aromatic ring is 1. The average Bonchev–Trinajstić information content (AvgIpc) is 2.42. The minimum absolute atomic E-state index is 0.178. The summed E-state index contributed by atoms with van der Waals surface area (Å²) in [5.41, 5.74) is 6.85. The van der Waals surface area contributed by atoms with Crippen molar-refractivity contribution < 1.29 is 13.9 Å². The van der Waals surface area contributed by atoms with Gasteiger partial charge in [-0.25, -0.2) is 4.39 Å². The number of carbonyl (C=O) groups excluding carboxylic acids is 1. The molecule has 1 aromatic carbocycles. The zero-order valence-electron chi connectivity index (χ0n) is 10.5. The van der Waals surface area contributed by atoms with Gasteiger partial charge < -0.3 is 20.7 Å². The zero-order chi connectivity index (χ0) is 14.0. The molecule has 0 saturated carbocycles. The second-order valence-electron chi connectivity index (χ2n) is 4.22. The number of anilines is 2. The fraction of sp³-hybridized carbons (Fsp3) is 0.417. The van der Waals surface area contributed by atoms with E-state index in [1.807, 2.05) is 0 Å². The maximum Gasteiger partial charge on any atom is 0.244 e. The third kappa shape index (κ3) is 2.82. The summed E-state index contributed by atoms with van der Waals surface area (Å²) in [5.74, 6) is -0.589. The molecule has 1 amide bonds. The predicted molar refractivity (Wildman–Crippen MR) is 74.5 cm³/mol. The average molecular weight is 332 g/mol. The van der Waals surface area contributed by atoms with Crippen LogP contribution < -0.4 is 16.0 Å². The Hall–Kier alpha value is -1.34. The fourth-order valence-electron chi connectivity index (χ4n) is 2.08. The van der Waals surface area contributed by atoms with E-state index in [0.29, 0.717) is 29.0 Å². The molecular weight excluding hydrogens is 317 g/mol. The summed E-state index contributed by atoms with van der Waals surface area (Å²) in [6, 6.07) is 2.34. The van der Waals surface area contributed by atoms with Crippen LogP contribution in [0.1, 0.15) is 0 Å². The van der Waals surface area contributed by atoms with E-state index in [1.165, 1.54) is 12.1 Å². The van der Waals surface area contributed by atoms with Crippen LogP contribution >= 0.6 is 15.9 Å². The summed E-state index contributed by atoms with van der Waals surface area (Å²) in [5, 5.41) is 2.58. The first kappa shape index (κ1) is 14.1. The minimum atomic E-state index is -0.498. The van der Waals surface area contributed by atoms with Gasteiger partial charge in [-0.05, 0) is 22.0 Å². The Morgan fingerprint density at radius 1 is 1.63 bits per heavy atom. The van der Waals surface area contributed by atoms with Gasteiger partial charge in [-0.15, -0.1) is 0 Å². The Morgan fingerprint density at radius 2 is 2.37 bits per heavy atom. The van der Waals surface area contributed by atoms with Crippen molar-refractivity contribution in [2.75, 3.05) is 37.4 Å². The van der Waals surface area contributed by atoms with Crippen LogP contribution in [0.25, 0.3) is 0 Å². The van der Waals surface area contributed by atoms with Crippen molar-refractivity contribution in [1.29, 1.82) is 0 Å². The molecule has 1 aliphatic heterocycles. The van der Waals surface area contributed by atoms with Crippen LogP contribution in [-0.2, 0) is 9.53 Å². The molecule has 0 bridgehead atoms. The third-order valence-electron chi connectivity index (χ3n) is 3.06. The number of morpholine rings is 1. The van der Waals surface area contributed by atoms with Gasteiger partial charge in [0.25, 0.3) is 0 Å². The van der Waals surface area contributed by atoms with Gasteiger partial charge in [0.2, 0.25) is 5.91 Å². The molecule has 2 rings (SSSR count). The Kier molecular flexibility index (Phi) is 4.26. The summed E-state index contributed by atoms with van der Waals surface area (Å²) in [6.45, 7) is 1.23. The van der Waals surface area contributed by atoms with E-state index in [9.17, 15) is 9.18 Å². The lowest BCUT2D eigenvalue weighted by atomic mass is 10.1. The maximum atomic E-state index is 13.7. The molecule has 0 aliphatic carbocycles. The van der Waals surface area contributed by atoms with Gasteiger partial charge in [-0.1, -0.05) is 0 Å². The highest BCUT2D eigenvalue weighted by Crippen LogP contribution is 2.31. The molecule has 3 N–H and O–H groups in total. The molecule has 1 aromatic rings. The van der Waals surface area contributed by atoms with Gasteiger partial charge in [0.1, 0.15) is 11.9 Å². The Labute approximate surface area is 119 Å². The Balaban J connectivity index is 2.37.